The topological polar surface area (TPSA) is 44.8 Å². The summed E-state index contributed by atoms with van der Waals surface area (Å²) in [4.78, 5) is 14.8. The molecule has 4 heteroatoms. The van der Waals surface area contributed by atoms with Gasteiger partial charge in [-0.25, -0.2) is 4.98 Å². The number of imidazole rings is 1. The number of benzene rings is 1. The van der Waals surface area contributed by atoms with Crippen LogP contribution in [-0.2, 0) is 0 Å². The quantitative estimate of drug-likeness (QED) is 0.782. The van der Waals surface area contributed by atoms with E-state index in [0.717, 1.165) is 29.9 Å². The number of hydrogen-bond donors (Lipinski definition) is 1. The molecule has 0 aliphatic carbocycles. The third-order valence-electron chi connectivity index (χ3n) is 4.24. The number of aromatic nitrogens is 3. The third-order valence-corrected chi connectivity index (χ3v) is 4.24. The summed E-state index contributed by atoms with van der Waals surface area (Å²) < 4.78 is 0. The lowest BCUT2D eigenvalue weighted by atomic mass is 9.97. The van der Waals surface area contributed by atoms with Crippen LogP contribution in [0.4, 0.5) is 5.69 Å². The molecule has 21 heavy (non-hydrogen) atoms. The first-order chi connectivity index (χ1) is 10.4. The Hall–Kier alpha value is -2.36. The number of hydrogen-bond acceptors (Lipinski definition) is 3. The maximum absolute atomic E-state index is 4.77. The fraction of sp³-hybridized carbons (Fsp3) is 0.294. The van der Waals surface area contributed by atoms with Crippen molar-refractivity contribution in [3.8, 4) is 0 Å². The fourth-order valence-electron chi connectivity index (χ4n) is 3.16. The third kappa shape index (κ3) is 2.37. The molecule has 1 atom stereocenters. The van der Waals surface area contributed by atoms with Gasteiger partial charge in [-0.1, -0.05) is 12.1 Å². The first kappa shape index (κ1) is 12.4. The molecule has 0 bridgehead atoms. The Kier molecular flexibility index (Phi) is 3.07. The molecule has 1 aliphatic heterocycles. The molecule has 1 N–H and O–H groups in total. The molecule has 4 nitrogen and oxygen atoms in total. The highest BCUT2D eigenvalue weighted by Gasteiger charge is 2.23. The lowest BCUT2D eigenvalue weighted by Gasteiger charge is -2.33. The van der Waals surface area contributed by atoms with Crippen molar-refractivity contribution in [1.29, 1.82) is 0 Å². The largest absolute Gasteiger partial charge is 0.371 e. The zero-order valence-corrected chi connectivity index (χ0v) is 11.9. The van der Waals surface area contributed by atoms with E-state index in [1.807, 2.05) is 18.5 Å². The van der Waals surface area contributed by atoms with Gasteiger partial charge in [-0.2, -0.15) is 0 Å². The van der Waals surface area contributed by atoms with Crippen LogP contribution in [0.2, 0.25) is 0 Å². The molecular weight excluding hydrogens is 260 g/mol. The van der Waals surface area contributed by atoms with E-state index in [2.05, 4.69) is 45.2 Å². The number of pyridine rings is 1. The van der Waals surface area contributed by atoms with Gasteiger partial charge >= 0.3 is 0 Å². The van der Waals surface area contributed by atoms with Crippen molar-refractivity contribution in [3.05, 3.63) is 54.6 Å². The molecule has 1 saturated heterocycles. The van der Waals surface area contributed by atoms with E-state index in [1.165, 1.54) is 18.5 Å². The van der Waals surface area contributed by atoms with Gasteiger partial charge in [0, 0.05) is 37.1 Å². The minimum Gasteiger partial charge on any atom is -0.371 e. The number of nitrogens with one attached hydrogen (secondary N) is 1. The van der Waals surface area contributed by atoms with E-state index in [1.54, 1.807) is 0 Å². The van der Waals surface area contributed by atoms with E-state index in [-0.39, 0.29) is 0 Å². The lowest BCUT2D eigenvalue weighted by Crippen LogP contribution is -2.34. The smallest absolute Gasteiger partial charge is 0.112 e. The standard InChI is InChI=1S/C17H18N4/c1-2-6-16-15(5-1)19-17(20-16)13-4-3-11-21(12-13)14-7-9-18-10-8-14/h1-2,5-10,13H,3-4,11-12H2,(H,19,20). The first-order valence-corrected chi connectivity index (χ1v) is 7.50. The van der Waals surface area contributed by atoms with Crippen LogP contribution >= 0.6 is 0 Å². The molecule has 0 amide bonds. The molecule has 3 heterocycles. The van der Waals surface area contributed by atoms with Crippen molar-refractivity contribution in [3.63, 3.8) is 0 Å². The van der Waals surface area contributed by atoms with Gasteiger partial charge in [0.25, 0.3) is 0 Å². The van der Waals surface area contributed by atoms with Gasteiger partial charge in [0.2, 0.25) is 0 Å². The van der Waals surface area contributed by atoms with Gasteiger partial charge in [-0.3, -0.25) is 4.98 Å². The number of aromatic amines is 1. The summed E-state index contributed by atoms with van der Waals surface area (Å²) >= 11 is 0. The second-order valence-corrected chi connectivity index (χ2v) is 5.63. The molecule has 1 aromatic carbocycles. The number of para-hydroxylation sites is 2. The Bertz CT molecular complexity index is 702. The first-order valence-electron chi connectivity index (χ1n) is 7.50. The van der Waals surface area contributed by atoms with Crippen LogP contribution in [0, 0.1) is 0 Å². The average Bonchev–Trinajstić information content (AvgIpc) is 3.00. The van der Waals surface area contributed by atoms with E-state index in [9.17, 15) is 0 Å². The van der Waals surface area contributed by atoms with Gasteiger partial charge in [0.1, 0.15) is 5.82 Å². The number of H-pyrrole nitrogens is 1. The van der Waals surface area contributed by atoms with Crippen LogP contribution in [0.3, 0.4) is 0 Å². The second-order valence-electron chi connectivity index (χ2n) is 5.63. The minimum absolute atomic E-state index is 0.472. The van der Waals surface area contributed by atoms with Gasteiger partial charge < -0.3 is 9.88 Å². The lowest BCUT2D eigenvalue weighted by molar-refractivity contribution is 0.495. The zero-order chi connectivity index (χ0) is 14.1. The van der Waals surface area contributed by atoms with Crippen LogP contribution in [0.25, 0.3) is 11.0 Å². The zero-order valence-electron chi connectivity index (χ0n) is 11.9. The number of rotatable bonds is 2. The van der Waals surface area contributed by atoms with Crippen molar-refractivity contribution < 1.29 is 0 Å². The highest BCUT2D eigenvalue weighted by atomic mass is 15.1. The van der Waals surface area contributed by atoms with Crippen molar-refractivity contribution in [1.82, 2.24) is 15.0 Å². The number of anilines is 1. The van der Waals surface area contributed by atoms with E-state index in [0.29, 0.717) is 5.92 Å². The van der Waals surface area contributed by atoms with Crippen molar-refractivity contribution in [2.45, 2.75) is 18.8 Å². The molecule has 1 unspecified atom stereocenters. The van der Waals surface area contributed by atoms with Crippen LogP contribution in [0.1, 0.15) is 24.6 Å². The van der Waals surface area contributed by atoms with E-state index < -0.39 is 0 Å². The second kappa shape index (κ2) is 5.20. The predicted octanol–water partition coefficient (Wildman–Crippen LogP) is 3.34. The minimum atomic E-state index is 0.472. The van der Waals surface area contributed by atoms with Gasteiger partial charge in [-0.05, 0) is 37.1 Å². The van der Waals surface area contributed by atoms with E-state index in [4.69, 9.17) is 4.98 Å². The Labute approximate surface area is 123 Å². The summed E-state index contributed by atoms with van der Waals surface area (Å²) in [6, 6.07) is 12.4. The normalized spacial score (nSPS) is 19.0. The van der Waals surface area contributed by atoms with E-state index >= 15 is 0 Å². The Morgan fingerprint density at radius 1 is 1.10 bits per heavy atom. The molecule has 1 aliphatic rings. The average molecular weight is 278 g/mol. The van der Waals surface area contributed by atoms with Crippen LogP contribution in [0.5, 0.6) is 0 Å². The molecule has 106 valence electrons. The Balaban J connectivity index is 1.60. The van der Waals surface area contributed by atoms with Gasteiger partial charge in [-0.15, -0.1) is 0 Å². The van der Waals surface area contributed by atoms with Crippen LogP contribution in [0.15, 0.2) is 48.8 Å². The molecule has 1 fully saturated rings. The van der Waals surface area contributed by atoms with Crippen LogP contribution in [-0.4, -0.2) is 28.0 Å². The van der Waals surface area contributed by atoms with Crippen molar-refractivity contribution >= 4 is 16.7 Å². The highest BCUT2D eigenvalue weighted by molar-refractivity contribution is 5.74. The number of nitrogens with zero attached hydrogens (tertiary/aromatic N) is 3. The Morgan fingerprint density at radius 3 is 2.81 bits per heavy atom. The van der Waals surface area contributed by atoms with Crippen LogP contribution < -0.4 is 4.90 Å². The monoisotopic (exact) mass is 278 g/mol. The highest BCUT2D eigenvalue weighted by Crippen LogP contribution is 2.29. The summed E-state index contributed by atoms with van der Waals surface area (Å²) in [7, 11) is 0. The maximum atomic E-state index is 4.77. The summed E-state index contributed by atoms with van der Waals surface area (Å²) in [6.07, 6.45) is 6.12. The van der Waals surface area contributed by atoms with Crippen molar-refractivity contribution in [2.24, 2.45) is 0 Å². The summed E-state index contributed by atoms with van der Waals surface area (Å²) in [6.45, 7) is 2.13. The Morgan fingerprint density at radius 2 is 1.95 bits per heavy atom. The summed E-state index contributed by atoms with van der Waals surface area (Å²) in [5.41, 5.74) is 3.45. The molecular formula is C17H18N4. The van der Waals surface area contributed by atoms with Crippen molar-refractivity contribution in [2.75, 3.05) is 18.0 Å². The fourth-order valence-corrected chi connectivity index (χ4v) is 3.16. The molecule has 0 spiro atoms. The number of piperidine rings is 1. The molecule has 3 aromatic rings. The molecule has 2 aromatic heterocycles. The summed E-state index contributed by atoms with van der Waals surface area (Å²) in [5, 5.41) is 0. The van der Waals surface area contributed by atoms with Gasteiger partial charge in [0.15, 0.2) is 0 Å². The predicted molar refractivity (Wildman–Crippen MR) is 84.5 cm³/mol. The summed E-state index contributed by atoms with van der Waals surface area (Å²) in [5.74, 6) is 1.59. The SMILES string of the molecule is c1ccc2[nH]c(C3CCCN(c4ccncc4)C3)nc2c1. The molecule has 4 rings (SSSR count). The maximum Gasteiger partial charge on any atom is 0.112 e. The van der Waals surface area contributed by atoms with Gasteiger partial charge in [0.05, 0.1) is 11.0 Å². The molecule has 0 radical (unpaired) electrons. The molecule has 0 saturated carbocycles. The number of fused-ring (bicyclic) bond motifs is 1.